The van der Waals surface area contributed by atoms with Crippen LogP contribution in [0.5, 0.6) is 0 Å². The molecule has 0 unspecified atom stereocenters. The molecule has 0 heterocycles. The second-order valence-electron chi connectivity index (χ2n) is 8.32. The van der Waals surface area contributed by atoms with Crippen molar-refractivity contribution < 1.29 is 14.3 Å². The van der Waals surface area contributed by atoms with Crippen molar-refractivity contribution >= 4 is 17.7 Å². The fraction of sp³-hybridized carbons (Fsp3) is 0.600. The molecule has 1 aromatic carbocycles. The first-order valence-electron chi connectivity index (χ1n) is 8.68. The molecule has 0 atom stereocenters. The van der Waals surface area contributed by atoms with Crippen LogP contribution >= 0.6 is 0 Å². The molecule has 0 fully saturated rings. The summed E-state index contributed by atoms with van der Waals surface area (Å²) in [7, 11) is 0. The van der Waals surface area contributed by atoms with Crippen LogP contribution in [0, 0.1) is 20.8 Å². The van der Waals surface area contributed by atoms with E-state index in [1.807, 2.05) is 67.5 Å². The van der Waals surface area contributed by atoms with Crippen molar-refractivity contribution in [3.63, 3.8) is 0 Å². The van der Waals surface area contributed by atoms with Gasteiger partial charge in [0.15, 0.2) is 0 Å². The minimum atomic E-state index is -0.520. The van der Waals surface area contributed by atoms with E-state index >= 15 is 0 Å². The Morgan fingerprint density at radius 3 is 2.00 bits per heavy atom. The SMILES string of the molecule is Cc1cc(C)c(NC(=O)NC(C)(C)CCC(=O)OC(C)(C)C)c(C)c1. The second-order valence-corrected chi connectivity index (χ2v) is 8.32. The lowest BCUT2D eigenvalue weighted by molar-refractivity contribution is -0.155. The number of ether oxygens (including phenoxy) is 1. The number of carbonyl (C=O) groups is 2. The summed E-state index contributed by atoms with van der Waals surface area (Å²) < 4.78 is 5.31. The van der Waals surface area contributed by atoms with Crippen LogP contribution in [-0.4, -0.2) is 23.1 Å². The number of amides is 2. The van der Waals surface area contributed by atoms with Gasteiger partial charge in [-0.15, -0.1) is 0 Å². The standard InChI is InChI=1S/C20H32N2O3/c1-13-11-14(2)17(15(3)12-13)21-18(24)22-20(7,8)10-9-16(23)25-19(4,5)6/h11-12H,9-10H2,1-8H3,(H2,21,22,24). The van der Waals surface area contributed by atoms with Crippen LogP contribution in [0.2, 0.25) is 0 Å². The lowest BCUT2D eigenvalue weighted by atomic mass is 9.98. The molecule has 1 rings (SSSR count). The van der Waals surface area contributed by atoms with E-state index in [2.05, 4.69) is 10.6 Å². The molecule has 140 valence electrons. The van der Waals surface area contributed by atoms with Gasteiger partial charge in [0.1, 0.15) is 5.60 Å². The number of nitrogens with one attached hydrogen (secondary N) is 2. The molecule has 0 aliphatic carbocycles. The zero-order valence-electron chi connectivity index (χ0n) is 16.8. The molecule has 5 nitrogen and oxygen atoms in total. The Morgan fingerprint density at radius 1 is 1.00 bits per heavy atom. The van der Waals surface area contributed by atoms with Crippen LogP contribution in [0.4, 0.5) is 10.5 Å². The smallest absolute Gasteiger partial charge is 0.319 e. The summed E-state index contributed by atoms with van der Waals surface area (Å²) in [6, 6.07) is 3.80. The van der Waals surface area contributed by atoms with Gasteiger partial charge in [-0.3, -0.25) is 4.79 Å². The number of urea groups is 1. The highest BCUT2D eigenvalue weighted by Gasteiger charge is 2.24. The first-order chi connectivity index (χ1) is 11.3. The maximum Gasteiger partial charge on any atom is 0.319 e. The number of esters is 1. The largest absolute Gasteiger partial charge is 0.460 e. The van der Waals surface area contributed by atoms with Crippen molar-refractivity contribution in [1.82, 2.24) is 5.32 Å². The van der Waals surface area contributed by atoms with Crippen LogP contribution < -0.4 is 10.6 Å². The van der Waals surface area contributed by atoms with E-state index in [-0.39, 0.29) is 18.4 Å². The first-order valence-corrected chi connectivity index (χ1v) is 8.68. The number of hydrogen-bond donors (Lipinski definition) is 2. The maximum absolute atomic E-state index is 12.4. The van der Waals surface area contributed by atoms with Gasteiger partial charge in [-0.2, -0.15) is 0 Å². The highest BCUT2D eigenvalue weighted by molar-refractivity contribution is 5.91. The number of aryl methyl sites for hydroxylation is 3. The van der Waals surface area contributed by atoms with Crippen molar-refractivity contribution in [3.05, 3.63) is 28.8 Å². The van der Waals surface area contributed by atoms with E-state index in [9.17, 15) is 9.59 Å². The minimum Gasteiger partial charge on any atom is -0.460 e. The van der Waals surface area contributed by atoms with Gasteiger partial charge in [0.2, 0.25) is 0 Å². The number of carbonyl (C=O) groups excluding carboxylic acids is 2. The molecule has 0 spiro atoms. The molecule has 0 aromatic heterocycles. The predicted octanol–water partition coefficient (Wildman–Crippen LogP) is 4.63. The third kappa shape index (κ3) is 7.59. The van der Waals surface area contributed by atoms with Gasteiger partial charge in [0.05, 0.1) is 0 Å². The summed E-state index contributed by atoms with van der Waals surface area (Å²) in [6.07, 6.45) is 0.758. The van der Waals surface area contributed by atoms with Crippen LogP contribution in [-0.2, 0) is 9.53 Å². The average Bonchev–Trinajstić information content (AvgIpc) is 2.38. The van der Waals surface area contributed by atoms with Crippen molar-refractivity contribution in [3.8, 4) is 0 Å². The Morgan fingerprint density at radius 2 is 1.52 bits per heavy atom. The third-order valence-electron chi connectivity index (χ3n) is 3.74. The second kappa shape index (κ2) is 7.89. The first kappa shape index (κ1) is 21.0. The molecule has 2 amide bonds. The Hall–Kier alpha value is -2.04. The summed E-state index contributed by atoms with van der Waals surface area (Å²) in [4.78, 5) is 24.2. The number of hydrogen-bond acceptors (Lipinski definition) is 3. The summed E-state index contributed by atoms with van der Waals surface area (Å²) in [6.45, 7) is 15.3. The van der Waals surface area contributed by atoms with Crippen LogP contribution in [0.3, 0.4) is 0 Å². The van der Waals surface area contributed by atoms with Crippen molar-refractivity contribution in [1.29, 1.82) is 0 Å². The van der Waals surface area contributed by atoms with Crippen LogP contribution in [0.15, 0.2) is 12.1 Å². The van der Waals surface area contributed by atoms with E-state index in [1.165, 1.54) is 5.56 Å². The number of anilines is 1. The Labute approximate surface area is 151 Å². The lowest BCUT2D eigenvalue weighted by Gasteiger charge is -2.27. The molecule has 5 heteroatoms. The molecule has 0 bridgehead atoms. The summed E-state index contributed by atoms with van der Waals surface area (Å²) in [5.74, 6) is -0.256. The third-order valence-corrected chi connectivity index (χ3v) is 3.74. The molecule has 0 saturated heterocycles. The molecule has 0 saturated carbocycles. The maximum atomic E-state index is 12.4. The molecule has 25 heavy (non-hydrogen) atoms. The normalized spacial score (nSPS) is 11.8. The van der Waals surface area contributed by atoms with Gasteiger partial charge in [-0.05, 0) is 72.9 Å². The summed E-state index contributed by atoms with van der Waals surface area (Å²) >= 11 is 0. The van der Waals surface area contributed by atoms with E-state index in [0.29, 0.717) is 6.42 Å². The van der Waals surface area contributed by atoms with Crippen molar-refractivity contribution in [2.24, 2.45) is 0 Å². The molecule has 0 aliphatic heterocycles. The van der Waals surface area contributed by atoms with Gasteiger partial charge < -0.3 is 15.4 Å². The van der Waals surface area contributed by atoms with Crippen LogP contribution in [0.1, 0.15) is 64.2 Å². The van der Waals surface area contributed by atoms with Gasteiger partial charge in [0, 0.05) is 17.6 Å². The Balaban J connectivity index is 2.62. The van der Waals surface area contributed by atoms with E-state index in [0.717, 1.165) is 16.8 Å². The highest BCUT2D eigenvalue weighted by atomic mass is 16.6. The molecule has 0 radical (unpaired) electrons. The fourth-order valence-corrected chi connectivity index (χ4v) is 2.70. The molecule has 2 N–H and O–H groups in total. The predicted molar refractivity (Wildman–Crippen MR) is 102 cm³/mol. The summed E-state index contributed by atoms with van der Waals surface area (Å²) in [5, 5.41) is 5.86. The monoisotopic (exact) mass is 348 g/mol. The van der Waals surface area contributed by atoms with Crippen molar-refractivity contribution in [2.75, 3.05) is 5.32 Å². The zero-order valence-corrected chi connectivity index (χ0v) is 16.8. The highest BCUT2D eigenvalue weighted by Crippen LogP contribution is 2.22. The zero-order chi connectivity index (χ0) is 19.4. The Kier molecular flexibility index (Phi) is 6.63. The molecule has 1 aromatic rings. The van der Waals surface area contributed by atoms with Gasteiger partial charge in [-0.1, -0.05) is 17.7 Å². The molecular formula is C20H32N2O3. The summed E-state index contributed by atoms with van der Waals surface area (Å²) in [5.41, 5.74) is 3.03. The minimum absolute atomic E-state index is 0.256. The average molecular weight is 348 g/mol. The van der Waals surface area contributed by atoms with Crippen molar-refractivity contribution in [2.45, 2.75) is 79.4 Å². The lowest BCUT2D eigenvalue weighted by Crippen LogP contribution is -2.46. The topological polar surface area (TPSA) is 67.4 Å². The van der Waals surface area contributed by atoms with E-state index < -0.39 is 11.1 Å². The number of benzene rings is 1. The van der Waals surface area contributed by atoms with E-state index in [1.54, 1.807) is 0 Å². The Bertz CT molecular complexity index is 620. The number of rotatable bonds is 5. The fourth-order valence-electron chi connectivity index (χ4n) is 2.70. The van der Waals surface area contributed by atoms with E-state index in [4.69, 9.17) is 4.74 Å². The van der Waals surface area contributed by atoms with Gasteiger partial charge in [-0.25, -0.2) is 4.79 Å². The molecule has 0 aliphatic rings. The van der Waals surface area contributed by atoms with Crippen LogP contribution in [0.25, 0.3) is 0 Å². The quantitative estimate of drug-likeness (QED) is 0.762. The van der Waals surface area contributed by atoms with Gasteiger partial charge >= 0.3 is 12.0 Å². The van der Waals surface area contributed by atoms with Gasteiger partial charge in [0.25, 0.3) is 0 Å². The molecular weight excluding hydrogens is 316 g/mol.